The molecule has 0 spiro atoms. The molecule has 12 aromatic carbocycles. The van der Waals surface area contributed by atoms with Gasteiger partial charge in [-0.05, 0) is 146 Å². The van der Waals surface area contributed by atoms with Gasteiger partial charge in [-0.2, -0.15) is 0 Å². The predicted octanol–water partition coefficient (Wildman–Crippen LogP) is 22.0. The zero-order chi connectivity index (χ0) is 57.9. The van der Waals surface area contributed by atoms with Gasteiger partial charge in [0, 0.05) is 82.8 Å². The van der Waals surface area contributed by atoms with Crippen LogP contribution in [0.5, 0.6) is 0 Å². The van der Waals surface area contributed by atoms with Crippen LogP contribution in [0.2, 0.25) is 0 Å². The molecular formula is C81H50N4O3. The van der Waals surface area contributed by atoms with E-state index in [2.05, 4.69) is 229 Å². The van der Waals surface area contributed by atoms with Crippen molar-refractivity contribution in [2.75, 3.05) is 0 Å². The van der Waals surface area contributed by atoms with Gasteiger partial charge in [-0.3, -0.25) is 9.13 Å². The Morgan fingerprint density at radius 1 is 0.307 bits per heavy atom. The van der Waals surface area contributed by atoms with E-state index in [0.29, 0.717) is 0 Å². The summed E-state index contributed by atoms with van der Waals surface area (Å²) in [6.07, 6.45) is 4.00. The van der Waals surface area contributed by atoms with Crippen LogP contribution in [-0.2, 0) is 5.41 Å². The average Bonchev–Trinajstić information content (AvgIpc) is 2.36. The van der Waals surface area contributed by atoms with E-state index in [1.54, 1.807) is 0 Å². The number of furan rings is 3. The van der Waals surface area contributed by atoms with Gasteiger partial charge in [0.2, 0.25) is 0 Å². The maximum atomic E-state index is 6.60. The Hall–Kier alpha value is -11.5. The topological polar surface area (TPSA) is 75.1 Å². The van der Waals surface area contributed by atoms with E-state index in [9.17, 15) is 0 Å². The molecule has 0 amide bonds. The summed E-state index contributed by atoms with van der Waals surface area (Å²) in [5.74, 6) is 1.74. The third-order valence-electron chi connectivity index (χ3n) is 18.9. The van der Waals surface area contributed by atoms with Crippen LogP contribution in [0.15, 0.2) is 280 Å². The van der Waals surface area contributed by atoms with Crippen LogP contribution in [0.3, 0.4) is 0 Å². The molecule has 7 heteroatoms. The van der Waals surface area contributed by atoms with Crippen molar-refractivity contribution in [3.8, 4) is 45.0 Å². The molecule has 0 unspecified atom stereocenters. The second kappa shape index (κ2) is 18.2. The molecule has 7 aromatic heterocycles. The number of pyridine rings is 2. The summed E-state index contributed by atoms with van der Waals surface area (Å²) in [6.45, 7) is 4.64. The Morgan fingerprint density at radius 3 is 1.68 bits per heavy atom. The van der Waals surface area contributed by atoms with Gasteiger partial charge in [0.25, 0.3) is 0 Å². The molecule has 0 fully saturated rings. The minimum absolute atomic E-state index is 0.00470. The van der Waals surface area contributed by atoms with Crippen molar-refractivity contribution in [3.63, 3.8) is 0 Å². The lowest BCUT2D eigenvalue weighted by Crippen LogP contribution is -2.14. The lowest BCUT2D eigenvalue weighted by atomic mass is 9.82. The summed E-state index contributed by atoms with van der Waals surface area (Å²) >= 11 is 0. The highest BCUT2D eigenvalue weighted by Crippen LogP contribution is 2.50. The summed E-state index contributed by atoms with van der Waals surface area (Å²) in [5, 5.41) is 16.3. The van der Waals surface area contributed by atoms with E-state index >= 15 is 0 Å². The molecule has 412 valence electrons. The first-order valence-electron chi connectivity index (χ1n) is 30.0. The van der Waals surface area contributed by atoms with Gasteiger partial charge in [-0.15, -0.1) is 0 Å². The van der Waals surface area contributed by atoms with Crippen molar-refractivity contribution in [3.05, 3.63) is 278 Å². The molecule has 20 rings (SSSR count). The van der Waals surface area contributed by atoms with Crippen LogP contribution in [-0.4, -0.2) is 19.1 Å². The zero-order valence-corrected chi connectivity index (χ0v) is 47.9. The number of nitrogens with zero attached hydrogens (tertiary/aromatic N) is 4. The summed E-state index contributed by atoms with van der Waals surface area (Å²) in [6, 6.07) is 90.3. The summed E-state index contributed by atoms with van der Waals surface area (Å²) in [4.78, 5) is 10.2. The van der Waals surface area contributed by atoms with E-state index in [1.165, 1.54) is 65.5 Å². The highest BCUT2D eigenvalue weighted by Gasteiger charge is 2.35. The van der Waals surface area contributed by atoms with Crippen LogP contribution in [0.1, 0.15) is 25.0 Å². The lowest BCUT2D eigenvalue weighted by Gasteiger charge is -2.21. The van der Waals surface area contributed by atoms with Crippen LogP contribution in [0.25, 0.3) is 176 Å². The number of rotatable bonds is 4. The number of hydrogen-bond acceptors (Lipinski definition) is 5. The first kappa shape index (κ1) is 48.8. The van der Waals surface area contributed by atoms with E-state index in [1.807, 2.05) is 60.9 Å². The fourth-order valence-corrected chi connectivity index (χ4v) is 14.7. The molecule has 19 aromatic rings. The minimum Gasteiger partial charge on any atom is -0.456 e. The van der Waals surface area contributed by atoms with Crippen LogP contribution in [0.4, 0.5) is 0 Å². The summed E-state index contributed by atoms with van der Waals surface area (Å²) in [7, 11) is 0. The monoisotopic (exact) mass is 1130 g/mol. The summed E-state index contributed by atoms with van der Waals surface area (Å²) < 4.78 is 23.6. The maximum Gasteiger partial charge on any atom is 0.160 e. The highest BCUT2D eigenvalue weighted by atomic mass is 16.3. The standard InChI is InChI=1S/C42H28N2O.C39H22N2O2/c1-42(2)34-13-7-5-11-29(34)33-23-26(15-20-35(33)42)27-17-22-38(43-24-27)44-36-21-16-25-9-3-4-10-28(25)39(36)32-19-18-31-30-12-6-8-14-37(30)45-41(31)40(32)44;1-2-9-24-19-32-29(18-23(24)8-1)30-21-37-31(27-10-3-5-13-34(27)43-37)20-33(30)41(32)38-17-16-25(22-40-38)26-12-7-15-36-39(26)28-11-4-6-14-35(28)42-36/h3-24H,1-2H3;1-22H. The second-order valence-electron chi connectivity index (χ2n) is 24.0. The van der Waals surface area contributed by atoms with E-state index in [-0.39, 0.29) is 5.41 Å². The predicted molar refractivity (Wildman–Crippen MR) is 362 cm³/mol. The fraction of sp³-hybridized carbons (Fsp3) is 0.0370. The third kappa shape index (κ3) is 7.01. The van der Waals surface area contributed by atoms with Crippen molar-refractivity contribution >= 4 is 131 Å². The third-order valence-corrected chi connectivity index (χ3v) is 18.9. The normalized spacial score (nSPS) is 13.0. The van der Waals surface area contributed by atoms with E-state index in [0.717, 1.165) is 122 Å². The van der Waals surface area contributed by atoms with Crippen molar-refractivity contribution in [2.24, 2.45) is 0 Å². The quantitative estimate of drug-likeness (QED) is 0.176. The molecule has 0 bridgehead atoms. The van der Waals surface area contributed by atoms with Gasteiger partial charge in [-0.1, -0.05) is 178 Å². The first-order valence-corrected chi connectivity index (χ1v) is 30.0. The number of aromatic nitrogens is 4. The molecule has 7 heterocycles. The van der Waals surface area contributed by atoms with Crippen LogP contribution < -0.4 is 0 Å². The molecule has 0 saturated carbocycles. The zero-order valence-electron chi connectivity index (χ0n) is 47.9. The Bertz CT molecular complexity index is 6150. The van der Waals surface area contributed by atoms with Gasteiger partial charge in [0.05, 0.1) is 22.1 Å². The van der Waals surface area contributed by atoms with Crippen molar-refractivity contribution in [1.82, 2.24) is 19.1 Å². The van der Waals surface area contributed by atoms with Crippen molar-refractivity contribution in [2.45, 2.75) is 19.3 Å². The first-order chi connectivity index (χ1) is 43.4. The second-order valence-corrected chi connectivity index (χ2v) is 24.0. The molecule has 0 radical (unpaired) electrons. The van der Waals surface area contributed by atoms with Crippen molar-refractivity contribution < 1.29 is 13.3 Å². The molecule has 7 nitrogen and oxygen atoms in total. The number of para-hydroxylation sites is 3. The molecule has 0 saturated heterocycles. The molecule has 1 aliphatic carbocycles. The maximum absolute atomic E-state index is 6.60. The number of hydrogen-bond donors (Lipinski definition) is 0. The Kier molecular flexibility index (Phi) is 10.1. The van der Waals surface area contributed by atoms with Gasteiger partial charge in [0.15, 0.2) is 5.58 Å². The minimum atomic E-state index is -0.00470. The Balaban J connectivity index is 0.000000128. The van der Waals surface area contributed by atoms with Gasteiger partial charge < -0.3 is 13.3 Å². The van der Waals surface area contributed by atoms with Gasteiger partial charge in [-0.25, -0.2) is 9.97 Å². The molecule has 88 heavy (non-hydrogen) atoms. The molecule has 0 aliphatic heterocycles. The molecule has 1 aliphatic rings. The van der Waals surface area contributed by atoms with E-state index in [4.69, 9.17) is 23.2 Å². The Labute approximate surface area is 503 Å². The average molecular weight is 1130 g/mol. The fourth-order valence-electron chi connectivity index (χ4n) is 14.7. The highest BCUT2D eigenvalue weighted by molar-refractivity contribution is 6.27. The smallest absolute Gasteiger partial charge is 0.160 e. The lowest BCUT2D eigenvalue weighted by molar-refractivity contribution is 0.660. The Morgan fingerprint density at radius 2 is 0.886 bits per heavy atom. The van der Waals surface area contributed by atoms with E-state index < -0.39 is 0 Å². The van der Waals surface area contributed by atoms with Gasteiger partial charge in [0.1, 0.15) is 39.6 Å². The molecular weight excluding hydrogens is 1080 g/mol. The summed E-state index contributed by atoms with van der Waals surface area (Å²) in [5.41, 5.74) is 19.6. The number of benzene rings is 12. The van der Waals surface area contributed by atoms with Crippen LogP contribution >= 0.6 is 0 Å². The molecule has 0 N–H and O–H groups in total. The number of fused-ring (bicyclic) bond motifs is 22. The largest absolute Gasteiger partial charge is 0.456 e. The molecule has 0 atom stereocenters. The van der Waals surface area contributed by atoms with Crippen molar-refractivity contribution in [1.29, 1.82) is 0 Å². The van der Waals surface area contributed by atoms with Gasteiger partial charge >= 0.3 is 0 Å². The van der Waals surface area contributed by atoms with Crippen LogP contribution in [0, 0.1) is 0 Å². The SMILES string of the molecule is CC1(C)c2ccccc2-c2cc(-c3ccc(-n4c5ccc6ccccc6c5c5ccc6c7ccccc7oc6c54)nc3)ccc21.c1ccc2cc3c(cc2c1)c1cc2oc4ccccc4c2cc1n3-c1ccc(-c2cccc3oc4ccccc4c23)cn1.